The second kappa shape index (κ2) is 6.03. The van der Waals surface area contributed by atoms with Gasteiger partial charge in [0.25, 0.3) is 0 Å². The molecule has 0 saturated carbocycles. The molecule has 0 spiro atoms. The van der Waals surface area contributed by atoms with Gasteiger partial charge in [0.1, 0.15) is 0 Å². The standard InChI is InChI=1S/C12H19NOS/c1-10-6-4-5-7-12(10)9-15(14)8-11(2)13-3/h4-7,11,13H,8-9H2,1-3H3. The lowest BCUT2D eigenvalue weighted by Crippen LogP contribution is -2.28. The van der Waals surface area contributed by atoms with Gasteiger partial charge in [-0.25, -0.2) is 0 Å². The number of rotatable bonds is 5. The summed E-state index contributed by atoms with van der Waals surface area (Å²) in [6, 6.07) is 8.44. The first-order chi connectivity index (χ1) is 7.13. The average Bonchev–Trinajstić information content (AvgIpc) is 2.21. The maximum atomic E-state index is 11.8. The Morgan fingerprint density at radius 1 is 1.40 bits per heavy atom. The zero-order valence-electron chi connectivity index (χ0n) is 9.62. The van der Waals surface area contributed by atoms with Gasteiger partial charge in [-0.05, 0) is 32.0 Å². The largest absolute Gasteiger partial charge is 0.316 e. The zero-order chi connectivity index (χ0) is 11.3. The van der Waals surface area contributed by atoms with Crippen LogP contribution in [0, 0.1) is 6.92 Å². The van der Waals surface area contributed by atoms with E-state index < -0.39 is 10.8 Å². The Hall–Kier alpha value is -0.670. The van der Waals surface area contributed by atoms with E-state index in [4.69, 9.17) is 0 Å². The van der Waals surface area contributed by atoms with Crippen molar-refractivity contribution in [1.29, 1.82) is 0 Å². The maximum Gasteiger partial charge on any atom is 0.0488 e. The van der Waals surface area contributed by atoms with Gasteiger partial charge in [-0.1, -0.05) is 24.3 Å². The second-order valence-electron chi connectivity index (χ2n) is 3.87. The molecule has 0 aromatic heterocycles. The van der Waals surface area contributed by atoms with Crippen LogP contribution in [-0.2, 0) is 16.6 Å². The van der Waals surface area contributed by atoms with E-state index in [2.05, 4.69) is 31.3 Å². The fourth-order valence-electron chi connectivity index (χ4n) is 1.37. The van der Waals surface area contributed by atoms with Crippen molar-refractivity contribution in [3.63, 3.8) is 0 Å². The molecule has 84 valence electrons. The minimum Gasteiger partial charge on any atom is -0.316 e. The third-order valence-electron chi connectivity index (χ3n) is 2.51. The first-order valence-electron chi connectivity index (χ1n) is 5.20. The van der Waals surface area contributed by atoms with Gasteiger partial charge in [-0.3, -0.25) is 4.21 Å². The molecule has 2 atom stereocenters. The highest BCUT2D eigenvalue weighted by Gasteiger charge is 2.07. The number of aryl methyl sites for hydroxylation is 1. The van der Waals surface area contributed by atoms with Crippen molar-refractivity contribution >= 4 is 10.8 Å². The molecule has 0 radical (unpaired) electrons. The number of benzene rings is 1. The minimum atomic E-state index is -0.774. The van der Waals surface area contributed by atoms with Crippen molar-refractivity contribution in [2.45, 2.75) is 25.6 Å². The second-order valence-corrected chi connectivity index (χ2v) is 5.37. The molecular weight excluding hydrogens is 206 g/mol. The SMILES string of the molecule is CNC(C)CS(=O)Cc1ccccc1C. The highest BCUT2D eigenvalue weighted by molar-refractivity contribution is 7.84. The molecule has 0 bridgehead atoms. The molecule has 0 saturated heterocycles. The van der Waals surface area contributed by atoms with Gasteiger partial charge in [0, 0.05) is 28.3 Å². The van der Waals surface area contributed by atoms with Gasteiger partial charge < -0.3 is 5.32 Å². The van der Waals surface area contributed by atoms with Gasteiger partial charge in [0.2, 0.25) is 0 Å². The summed E-state index contributed by atoms with van der Waals surface area (Å²) >= 11 is 0. The Labute approximate surface area is 94.5 Å². The third-order valence-corrected chi connectivity index (χ3v) is 4.01. The van der Waals surface area contributed by atoms with Crippen molar-refractivity contribution < 1.29 is 4.21 Å². The van der Waals surface area contributed by atoms with Crippen LogP contribution in [-0.4, -0.2) is 23.1 Å². The number of hydrogen-bond acceptors (Lipinski definition) is 2. The van der Waals surface area contributed by atoms with Crippen molar-refractivity contribution in [3.05, 3.63) is 35.4 Å². The third kappa shape index (κ3) is 4.14. The Bertz CT molecular complexity index is 338. The van der Waals surface area contributed by atoms with Crippen molar-refractivity contribution in [1.82, 2.24) is 5.32 Å². The van der Waals surface area contributed by atoms with Crippen LogP contribution in [0.3, 0.4) is 0 Å². The van der Waals surface area contributed by atoms with Crippen molar-refractivity contribution in [2.24, 2.45) is 0 Å². The molecule has 1 aromatic carbocycles. The van der Waals surface area contributed by atoms with Crippen LogP contribution >= 0.6 is 0 Å². The van der Waals surface area contributed by atoms with Crippen LogP contribution < -0.4 is 5.32 Å². The van der Waals surface area contributed by atoms with Crippen LogP contribution in [0.4, 0.5) is 0 Å². The average molecular weight is 225 g/mol. The summed E-state index contributed by atoms with van der Waals surface area (Å²) in [4.78, 5) is 0. The van der Waals surface area contributed by atoms with E-state index in [-0.39, 0.29) is 0 Å². The minimum absolute atomic E-state index is 0.315. The summed E-state index contributed by atoms with van der Waals surface area (Å²) in [7, 11) is 1.12. The Morgan fingerprint density at radius 2 is 2.07 bits per heavy atom. The number of nitrogens with one attached hydrogen (secondary N) is 1. The molecule has 2 nitrogen and oxygen atoms in total. The normalized spacial score (nSPS) is 14.9. The van der Waals surface area contributed by atoms with E-state index in [1.54, 1.807) is 0 Å². The van der Waals surface area contributed by atoms with E-state index in [1.807, 2.05) is 19.2 Å². The smallest absolute Gasteiger partial charge is 0.0488 e. The number of hydrogen-bond donors (Lipinski definition) is 1. The molecular formula is C12H19NOS. The van der Waals surface area contributed by atoms with Crippen molar-refractivity contribution in [2.75, 3.05) is 12.8 Å². The molecule has 0 amide bonds. The van der Waals surface area contributed by atoms with Crippen molar-refractivity contribution in [3.8, 4) is 0 Å². The summed E-state index contributed by atoms with van der Waals surface area (Å²) in [5.74, 6) is 1.38. The van der Waals surface area contributed by atoms with E-state index in [0.29, 0.717) is 17.5 Å². The predicted octanol–water partition coefficient (Wildman–Crippen LogP) is 1.85. The van der Waals surface area contributed by atoms with E-state index in [9.17, 15) is 4.21 Å². The molecule has 0 aliphatic heterocycles. The van der Waals surface area contributed by atoms with Crippen LogP contribution in [0.5, 0.6) is 0 Å². The molecule has 1 N–H and O–H groups in total. The molecule has 15 heavy (non-hydrogen) atoms. The van der Waals surface area contributed by atoms with E-state index in [1.165, 1.54) is 11.1 Å². The quantitative estimate of drug-likeness (QED) is 0.828. The summed E-state index contributed by atoms with van der Waals surface area (Å²) in [6.45, 7) is 4.11. The summed E-state index contributed by atoms with van der Waals surface area (Å²) in [6.07, 6.45) is 0. The van der Waals surface area contributed by atoms with E-state index in [0.717, 1.165) is 0 Å². The van der Waals surface area contributed by atoms with Crippen LogP contribution in [0.15, 0.2) is 24.3 Å². The van der Waals surface area contributed by atoms with Crippen LogP contribution in [0.25, 0.3) is 0 Å². The van der Waals surface area contributed by atoms with Gasteiger partial charge in [0.05, 0.1) is 0 Å². The first kappa shape index (κ1) is 12.4. The maximum absolute atomic E-state index is 11.8. The van der Waals surface area contributed by atoms with Gasteiger partial charge in [0.15, 0.2) is 0 Å². The topological polar surface area (TPSA) is 29.1 Å². The van der Waals surface area contributed by atoms with Gasteiger partial charge >= 0.3 is 0 Å². The first-order valence-corrected chi connectivity index (χ1v) is 6.69. The lowest BCUT2D eigenvalue weighted by atomic mass is 10.1. The molecule has 0 aliphatic carbocycles. The van der Waals surface area contributed by atoms with E-state index >= 15 is 0 Å². The highest BCUT2D eigenvalue weighted by atomic mass is 32.2. The predicted molar refractivity (Wildman–Crippen MR) is 66.4 cm³/mol. The van der Waals surface area contributed by atoms with Crippen LogP contribution in [0.1, 0.15) is 18.1 Å². The monoisotopic (exact) mass is 225 g/mol. The molecule has 1 rings (SSSR count). The molecule has 0 heterocycles. The lowest BCUT2D eigenvalue weighted by Gasteiger charge is -2.10. The highest BCUT2D eigenvalue weighted by Crippen LogP contribution is 2.10. The fourth-order valence-corrected chi connectivity index (χ4v) is 2.88. The van der Waals surface area contributed by atoms with Gasteiger partial charge in [-0.15, -0.1) is 0 Å². The zero-order valence-corrected chi connectivity index (χ0v) is 10.4. The van der Waals surface area contributed by atoms with Crippen LogP contribution in [0.2, 0.25) is 0 Å². The Kier molecular flexibility index (Phi) is 4.99. The summed E-state index contributed by atoms with van der Waals surface area (Å²) < 4.78 is 11.8. The van der Waals surface area contributed by atoms with Gasteiger partial charge in [-0.2, -0.15) is 0 Å². The Balaban J connectivity index is 2.55. The lowest BCUT2D eigenvalue weighted by molar-refractivity contribution is 0.645. The molecule has 2 unspecified atom stereocenters. The summed E-state index contributed by atoms with van der Waals surface area (Å²) in [5.41, 5.74) is 2.42. The Morgan fingerprint density at radius 3 is 2.67 bits per heavy atom. The molecule has 0 aliphatic rings. The summed E-state index contributed by atoms with van der Waals surface area (Å²) in [5, 5.41) is 3.10. The molecule has 3 heteroatoms. The molecule has 1 aromatic rings. The molecule has 0 fully saturated rings. The fraction of sp³-hybridized carbons (Fsp3) is 0.500.